The highest BCUT2D eigenvalue weighted by Gasteiger charge is 2.15. The van der Waals surface area contributed by atoms with E-state index in [0.717, 1.165) is 10.9 Å². The molecule has 0 atom stereocenters. The van der Waals surface area contributed by atoms with Crippen LogP contribution in [0.15, 0.2) is 24.4 Å². The van der Waals surface area contributed by atoms with Gasteiger partial charge >= 0.3 is 0 Å². The molecule has 0 aliphatic rings. The fraction of sp³-hybridized carbons (Fsp3) is 0.417. The lowest BCUT2D eigenvalue weighted by Gasteiger charge is -2.17. The van der Waals surface area contributed by atoms with Crippen molar-refractivity contribution in [3.8, 4) is 0 Å². The average Bonchev–Trinajstić information content (AvgIpc) is 2.45. The van der Waals surface area contributed by atoms with Gasteiger partial charge in [0.05, 0.1) is 23.9 Å². The van der Waals surface area contributed by atoms with Gasteiger partial charge in [-0.15, -0.1) is 0 Å². The van der Waals surface area contributed by atoms with Crippen molar-refractivity contribution in [2.24, 2.45) is 0 Å². The molecular formula is C12H16N2O. The fourth-order valence-corrected chi connectivity index (χ4v) is 1.70. The molecular weight excluding hydrogens is 188 g/mol. The van der Waals surface area contributed by atoms with Gasteiger partial charge in [0.15, 0.2) is 0 Å². The molecule has 1 aromatic carbocycles. The van der Waals surface area contributed by atoms with Crippen LogP contribution in [0.1, 0.15) is 19.4 Å². The molecule has 1 heterocycles. The molecule has 2 aromatic rings. The Morgan fingerprint density at radius 1 is 1.40 bits per heavy atom. The van der Waals surface area contributed by atoms with Crippen molar-refractivity contribution in [2.75, 3.05) is 0 Å². The molecule has 15 heavy (non-hydrogen) atoms. The molecule has 0 unspecified atom stereocenters. The highest BCUT2D eigenvalue weighted by molar-refractivity contribution is 5.79. The monoisotopic (exact) mass is 204 g/mol. The number of aromatic nitrogens is 2. The van der Waals surface area contributed by atoms with Gasteiger partial charge in [-0.25, -0.2) is 0 Å². The number of benzene rings is 1. The number of rotatable bonds is 2. The van der Waals surface area contributed by atoms with E-state index in [9.17, 15) is 5.11 Å². The molecule has 0 radical (unpaired) electrons. The minimum absolute atomic E-state index is 0.513. The molecule has 0 bridgehead atoms. The van der Waals surface area contributed by atoms with Crippen molar-refractivity contribution >= 4 is 10.9 Å². The second kappa shape index (κ2) is 3.35. The number of fused-ring (bicyclic) bond motifs is 1. The lowest BCUT2D eigenvalue weighted by Crippen LogP contribution is -2.26. The molecule has 0 amide bonds. The second-order valence-corrected chi connectivity index (χ2v) is 4.68. The number of hydrogen-bond acceptors (Lipinski definition) is 2. The van der Waals surface area contributed by atoms with Crippen LogP contribution in [0.4, 0.5) is 0 Å². The molecule has 1 N–H and O–H groups in total. The van der Waals surface area contributed by atoms with Crippen LogP contribution in [0, 0.1) is 6.92 Å². The van der Waals surface area contributed by atoms with Crippen LogP contribution < -0.4 is 0 Å². The molecule has 80 valence electrons. The summed E-state index contributed by atoms with van der Waals surface area (Å²) in [6.07, 6.45) is 1.84. The first-order valence-corrected chi connectivity index (χ1v) is 5.10. The molecule has 1 aromatic heterocycles. The van der Waals surface area contributed by atoms with Gasteiger partial charge in [0, 0.05) is 5.39 Å². The summed E-state index contributed by atoms with van der Waals surface area (Å²) in [4.78, 5) is 0. The van der Waals surface area contributed by atoms with E-state index in [4.69, 9.17) is 0 Å². The molecule has 0 saturated carbocycles. The summed E-state index contributed by atoms with van der Waals surface area (Å²) in [5.74, 6) is 0. The van der Waals surface area contributed by atoms with Crippen LogP contribution in [-0.4, -0.2) is 20.5 Å². The molecule has 3 nitrogen and oxygen atoms in total. The van der Waals surface area contributed by atoms with Crippen LogP contribution in [0.3, 0.4) is 0 Å². The van der Waals surface area contributed by atoms with Crippen LogP contribution in [0.5, 0.6) is 0 Å². The standard InChI is InChI=1S/C12H16N2O/c1-9-4-5-11-10(6-9)7-13-14(11)8-12(2,3)15/h4-7,15H,8H2,1-3H3. The van der Waals surface area contributed by atoms with Gasteiger partial charge in [-0.3, -0.25) is 4.68 Å². The van der Waals surface area contributed by atoms with E-state index in [1.807, 2.05) is 16.9 Å². The summed E-state index contributed by atoms with van der Waals surface area (Å²) < 4.78 is 1.84. The predicted molar refractivity (Wildman–Crippen MR) is 60.8 cm³/mol. The van der Waals surface area contributed by atoms with Gasteiger partial charge in [-0.1, -0.05) is 11.6 Å². The Morgan fingerprint density at radius 2 is 2.13 bits per heavy atom. The minimum Gasteiger partial charge on any atom is -0.389 e. The second-order valence-electron chi connectivity index (χ2n) is 4.68. The zero-order valence-electron chi connectivity index (χ0n) is 9.36. The zero-order chi connectivity index (χ0) is 11.1. The van der Waals surface area contributed by atoms with Gasteiger partial charge in [0.25, 0.3) is 0 Å². The number of aliphatic hydroxyl groups is 1. The van der Waals surface area contributed by atoms with Crippen molar-refractivity contribution in [3.63, 3.8) is 0 Å². The molecule has 3 heteroatoms. The summed E-state index contributed by atoms with van der Waals surface area (Å²) in [5.41, 5.74) is 1.57. The van der Waals surface area contributed by atoms with Crippen LogP contribution in [-0.2, 0) is 6.54 Å². The molecule has 0 saturated heterocycles. The average molecular weight is 204 g/mol. The highest BCUT2D eigenvalue weighted by atomic mass is 16.3. The Balaban J connectivity index is 2.45. The Labute approximate surface area is 89.3 Å². The number of aryl methyl sites for hydroxylation is 1. The minimum atomic E-state index is -0.732. The van der Waals surface area contributed by atoms with Crippen molar-refractivity contribution in [2.45, 2.75) is 32.9 Å². The van der Waals surface area contributed by atoms with Gasteiger partial charge in [-0.05, 0) is 32.9 Å². The van der Waals surface area contributed by atoms with E-state index in [2.05, 4.69) is 24.2 Å². The van der Waals surface area contributed by atoms with E-state index in [1.165, 1.54) is 5.56 Å². The van der Waals surface area contributed by atoms with Crippen LogP contribution >= 0.6 is 0 Å². The van der Waals surface area contributed by atoms with E-state index in [0.29, 0.717) is 6.54 Å². The third-order valence-corrected chi connectivity index (χ3v) is 2.33. The summed E-state index contributed by atoms with van der Waals surface area (Å²) in [5, 5.41) is 15.1. The summed E-state index contributed by atoms with van der Waals surface area (Å²) in [6, 6.07) is 6.21. The van der Waals surface area contributed by atoms with Crippen molar-refractivity contribution in [3.05, 3.63) is 30.0 Å². The van der Waals surface area contributed by atoms with Crippen molar-refractivity contribution < 1.29 is 5.11 Å². The SMILES string of the molecule is Cc1ccc2c(cnn2CC(C)(C)O)c1. The quantitative estimate of drug-likeness (QED) is 0.813. The van der Waals surface area contributed by atoms with Crippen molar-refractivity contribution in [1.29, 1.82) is 0 Å². The third-order valence-electron chi connectivity index (χ3n) is 2.33. The Morgan fingerprint density at radius 3 is 2.80 bits per heavy atom. The first kappa shape index (κ1) is 10.2. The van der Waals surface area contributed by atoms with E-state index >= 15 is 0 Å². The Bertz CT molecular complexity index is 480. The smallest absolute Gasteiger partial charge is 0.0787 e. The maximum atomic E-state index is 9.74. The lowest BCUT2D eigenvalue weighted by molar-refractivity contribution is 0.0591. The third kappa shape index (κ3) is 2.18. The van der Waals surface area contributed by atoms with Crippen molar-refractivity contribution in [1.82, 2.24) is 9.78 Å². The van der Waals surface area contributed by atoms with Gasteiger partial charge < -0.3 is 5.11 Å². The molecule has 0 aliphatic heterocycles. The molecule has 0 fully saturated rings. The fourth-order valence-electron chi connectivity index (χ4n) is 1.70. The highest BCUT2D eigenvalue weighted by Crippen LogP contribution is 2.17. The largest absolute Gasteiger partial charge is 0.389 e. The van der Waals surface area contributed by atoms with E-state index < -0.39 is 5.60 Å². The number of nitrogens with zero attached hydrogens (tertiary/aromatic N) is 2. The summed E-state index contributed by atoms with van der Waals surface area (Å²) in [6.45, 7) is 6.15. The van der Waals surface area contributed by atoms with Crippen LogP contribution in [0.2, 0.25) is 0 Å². The topological polar surface area (TPSA) is 38.0 Å². The Hall–Kier alpha value is -1.35. The molecule has 0 aliphatic carbocycles. The van der Waals surface area contributed by atoms with Crippen LogP contribution in [0.25, 0.3) is 10.9 Å². The summed E-state index contributed by atoms with van der Waals surface area (Å²) >= 11 is 0. The first-order valence-electron chi connectivity index (χ1n) is 5.10. The maximum absolute atomic E-state index is 9.74. The first-order chi connectivity index (χ1) is 6.96. The van der Waals surface area contributed by atoms with Gasteiger partial charge in [0.2, 0.25) is 0 Å². The maximum Gasteiger partial charge on any atom is 0.0787 e. The lowest BCUT2D eigenvalue weighted by atomic mass is 10.1. The number of hydrogen-bond donors (Lipinski definition) is 1. The van der Waals surface area contributed by atoms with Gasteiger partial charge in [-0.2, -0.15) is 5.10 Å². The zero-order valence-corrected chi connectivity index (χ0v) is 9.36. The Kier molecular flexibility index (Phi) is 2.27. The van der Waals surface area contributed by atoms with E-state index in [1.54, 1.807) is 13.8 Å². The van der Waals surface area contributed by atoms with Gasteiger partial charge in [0.1, 0.15) is 0 Å². The predicted octanol–water partition coefficient (Wildman–Crippen LogP) is 2.12. The molecule has 0 spiro atoms. The van der Waals surface area contributed by atoms with E-state index in [-0.39, 0.29) is 0 Å². The normalized spacial score (nSPS) is 12.3. The summed E-state index contributed by atoms with van der Waals surface area (Å²) in [7, 11) is 0. The molecule has 2 rings (SSSR count).